The molecule has 7 heteroatoms. The standard InChI is InChI=1S/C21H22F2N4O/c22-20(23)12-26-9-8-16-17(2-1-3-19(16)26)21(28)27(14-4-5-14)15-6-7-18-13(10-15)11-24-25-18/h1-3,8-9,11,14-15,20H,4-7,10,12H2,(H,24,25). The number of H-pyrrole nitrogens is 1. The predicted octanol–water partition coefficient (Wildman–Crippen LogP) is 3.79. The highest BCUT2D eigenvalue weighted by atomic mass is 19.3. The number of aryl methyl sites for hydroxylation is 1. The molecular formula is C21H22F2N4O. The van der Waals surface area contributed by atoms with Crippen LogP contribution in [0.3, 0.4) is 0 Å². The minimum Gasteiger partial charge on any atom is -0.342 e. The van der Waals surface area contributed by atoms with Gasteiger partial charge in [-0.15, -0.1) is 0 Å². The van der Waals surface area contributed by atoms with Gasteiger partial charge in [0, 0.05) is 40.4 Å². The number of amides is 1. The van der Waals surface area contributed by atoms with Crippen molar-refractivity contribution in [3.8, 4) is 0 Å². The number of fused-ring (bicyclic) bond motifs is 2. The molecule has 146 valence electrons. The zero-order chi connectivity index (χ0) is 19.3. The van der Waals surface area contributed by atoms with Gasteiger partial charge in [0.05, 0.1) is 12.7 Å². The van der Waals surface area contributed by atoms with E-state index in [0.29, 0.717) is 11.1 Å². The van der Waals surface area contributed by atoms with Crippen LogP contribution in [0.15, 0.2) is 36.7 Å². The van der Waals surface area contributed by atoms with Crippen molar-refractivity contribution >= 4 is 16.8 Å². The molecule has 5 nitrogen and oxygen atoms in total. The highest BCUT2D eigenvalue weighted by molar-refractivity contribution is 6.07. The monoisotopic (exact) mass is 384 g/mol. The third-order valence-electron chi connectivity index (χ3n) is 5.94. The number of carbonyl (C=O) groups is 1. The second kappa shape index (κ2) is 6.72. The molecule has 2 aliphatic rings. The molecule has 1 aromatic carbocycles. The number of nitrogens with zero attached hydrogens (tertiary/aromatic N) is 3. The third kappa shape index (κ3) is 2.99. The van der Waals surface area contributed by atoms with Gasteiger partial charge in [0.2, 0.25) is 0 Å². The van der Waals surface area contributed by atoms with E-state index in [0.717, 1.165) is 37.5 Å². The maximum absolute atomic E-state index is 13.6. The number of benzene rings is 1. The Bertz CT molecular complexity index is 1020. The minimum atomic E-state index is -2.43. The van der Waals surface area contributed by atoms with E-state index in [1.165, 1.54) is 15.8 Å². The summed E-state index contributed by atoms with van der Waals surface area (Å²) in [6, 6.07) is 7.63. The molecule has 5 rings (SSSR count). The molecule has 1 amide bonds. The molecule has 0 saturated heterocycles. The summed E-state index contributed by atoms with van der Waals surface area (Å²) in [7, 11) is 0. The number of halogens is 2. The van der Waals surface area contributed by atoms with E-state index >= 15 is 0 Å². The average molecular weight is 384 g/mol. The Hall–Kier alpha value is -2.70. The van der Waals surface area contributed by atoms with Crippen molar-refractivity contribution in [3.05, 3.63) is 53.5 Å². The molecule has 2 heterocycles. The molecule has 0 bridgehead atoms. The second-order valence-electron chi connectivity index (χ2n) is 7.81. The Kier molecular flexibility index (Phi) is 4.18. The molecule has 0 aliphatic heterocycles. The van der Waals surface area contributed by atoms with E-state index in [1.807, 2.05) is 12.3 Å². The topological polar surface area (TPSA) is 53.9 Å². The Morgan fingerprint density at radius 3 is 2.89 bits per heavy atom. The lowest BCUT2D eigenvalue weighted by Crippen LogP contribution is -2.44. The van der Waals surface area contributed by atoms with Gasteiger partial charge in [-0.05, 0) is 55.9 Å². The zero-order valence-corrected chi connectivity index (χ0v) is 15.4. The predicted molar refractivity (Wildman–Crippen MR) is 102 cm³/mol. The number of hydrogen-bond donors (Lipinski definition) is 1. The van der Waals surface area contributed by atoms with Crippen LogP contribution in [0, 0.1) is 0 Å². The lowest BCUT2D eigenvalue weighted by atomic mass is 9.91. The molecule has 28 heavy (non-hydrogen) atoms. The Morgan fingerprint density at radius 1 is 1.25 bits per heavy atom. The second-order valence-corrected chi connectivity index (χ2v) is 7.81. The quantitative estimate of drug-likeness (QED) is 0.728. The Labute approximate surface area is 161 Å². The smallest absolute Gasteiger partial charge is 0.256 e. The molecule has 2 aliphatic carbocycles. The lowest BCUT2D eigenvalue weighted by molar-refractivity contribution is 0.0645. The molecule has 1 atom stereocenters. The van der Waals surface area contributed by atoms with Crippen molar-refractivity contribution in [1.82, 2.24) is 19.7 Å². The molecule has 1 unspecified atom stereocenters. The normalized spacial score (nSPS) is 19.2. The lowest BCUT2D eigenvalue weighted by Gasteiger charge is -2.34. The van der Waals surface area contributed by atoms with E-state index in [2.05, 4.69) is 15.1 Å². The van der Waals surface area contributed by atoms with Crippen molar-refractivity contribution in [2.75, 3.05) is 0 Å². The molecule has 1 N–H and O–H groups in total. The number of carbonyl (C=O) groups excluding carboxylic acids is 1. The van der Waals surface area contributed by atoms with Crippen molar-refractivity contribution < 1.29 is 13.6 Å². The largest absolute Gasteiger partial charge is 0.342 e. The zero-order valence-electron chi connectivity index (χ0n) is 15.4. The van der Waals surface area contributed by atoms with Crippen LogP contribution in [0.2, 0.25) is 0 Å². The van der Waals surface area contributed by atoms with Crippen molar-refractivity contribution in [3.63, 3.8) is 0 Å². The van der Waals surface area contributed by atoms with Gasteiger partial charge in [-0.25, -0.2) is 8.78 Å². The highest BCUT2D eigenvalue weighted by Crippen LogP contribution is 2.35. The Balaban J connectivity index is 1.48. The fourth-order valence-electron chi connectivity index (χ4n) is 4.47. The summed E-state index contributed by atoms with van der Waals surface area (Å²) < 4.78 is 27.2. The number of hydrogen-bond acceptors (Lipinski definition) is 2. The SMILES string of the molecule is O=C(c1cccc2c1ccn2CC(F)F)N(C1CC1)C1CCc2[nH]ncc2C1. The first-order chi connectivity index (χ1) is 13.6. The van der Waals surface area contributed by atoms with Gasteiger partial charge < -0.3 is 9.47 Å². The highest BCUT2D eigenvalue weighted by Gasteiger charge is 2.39. The van der Waals surface area contributed by atoms with E-state index in [4.69, 9.17) is 0 Å². The summed E-state index contributed by atoms with van der Waals surface area (Å²) in [6.07, 6.45) is 5.77. The van der Waals surface area contributed by atoms with Crippen molar-refractivity contribution in [2.24, 2.45) is 0 Å². The van der Waals surface area contributed by atoms with E-state index < -0.39 is 6.43 Å². The van der Waals surface area contributed by atoms with Crippen LogP contribution in [0.25, 0.3) is 10.9 Å². The maximum atomic E-state index is 13.6. The van der Waals surface area contributed by atoms with Gasteiger partial charge >= 0.3 is 0 Å². The molecule has 1 fully saturated rings. The molecular weight excluding hydrogens is 362 g/mol. The van der Waals surface area contributed by atoms with Crippen LogP contribution in [0.4, 0.5) is 8.78 Å². The van der Waals surface area contributed by atoms with Crippen LogP contribution in [0.1, 0.15) is 40.9 Å². The number of nitrogens with one attached hydrogen (secondary N) is 1. The number of rotatable bonds is 5. The van der Waals surface area contributed by atoms with Gasteiger partial charge in [-0.2, -0.15) is 5.10 Å². The molecule has 1 saturated carbocycles. The maximum Gasteiger partial charge on any atom is 0.256 e. The number of aromatic nitrogens is 3. The van der Waals surface area contributed by atoms with Crippen LogP contribution < -0.4 is 0 Å². The molecule has 0 radical (unpaired) electrons. The summed E-state index contributed by atoms with van der Waals surface area (Å²) in [5.41, 5.74) is 3.65. The molecule has 0 spiro atoms. The van der Waals surface area contributed by atoms with Gasteiger partial charge in [0.1, 0.15) is 0 Å². The van der Waals surface area contributed by atoms with E-state index in [-0.39, 0.29) is 24.5 Å². The summed E-state index contributed by atoms with van der Waals surface area (Å²) >= 11 is 0. The summed E-state index contributed by atoms with van der Waals surface area (Å²) in [4.78, 5) is 15.6. The van der Waals surface area contributed by atoms with Gasteiger partial charge in [0.25, 0.3) is 12.3 Å². The fourth-order valence-corrected chi connectivity index (χ4v) is 4.47. The van der Waals surface area contributed by atoms with Crippen LogP contribution in [0.5, 0.6) is 0 Å². The fraction of sp³-hybridized carbons (Fsp3) is 0.429. The average Bonchev–Trinajstić information content (AvgIpc) is 3.25. The molecule has 2 aromatic heterocycles. The summed E-state index contributed by atoms with van der Waals surface area (Å²) in [5.74, 6) is 0.0137. The number of alkyl halides is 2. The minimum absolute atomic E-state index is 0.0137. The van der Waals surface area contributed by atoms with E-state index in [9.17, 15) is 13.6 Å². The Morgan fingerprint density at radius 2 is 2.11 bits per heavy atom. The van der Waals surface area contributed by atoms with Gasteiger partial charge in [-0.3, -0.25) is 9.89 Å². The first kappa shape index (κ1) is 17.4. The van der Waals surface area contributed by atoms with Crippen LogP contribution >= 0.6 is 0 Å². The number of aromatic amines is 1. The van der Waals surface area contributed by atoms with Crippen molar-refractivity contribution in [2.45, 2.75) is 57.2 Å². The summed E-state index contributed by atoms with van der Waals surface area (Å²) in [5, 5.41) is 7.93. The van der Waals surface area contributed by atoms with Crippen molar-refractivity contribution in [1.29, 1.82) is 0 Å². The van der Waals surface area contributed by atoms with Gasteiger partial charge in [-0.1, -0.05) is 6.07 Å². The first-order valence-electron chi connectivity index (χ1n) is 9.81. The summed E-state index contributed by atoms with van der Waals surface area (Å²) in [6.45, 7) is -0.362. The van der Waals surface area contributed by atoms with Crippen LogP contribution in [-0.4, -0.2) is 44.1 Å². The van der Waals surface area contributed by atoms with Gasteiger partial charge in [0.15, 0.2) is 0 Å². The third-order valence-corrected chi connectivity index (χ3v) is 5.94. The first-order valence-corrected chi connectivity index (χ1v) is 9.81. The van der Waals surface area contributed by atoms with E-state index in [1.54, 1.807) is 24.4 Å². The molecule has 3 aromatic rings. The van der Waals surface area contributed by atoms with Crippen LogP contribution in [-0.2, 0) is 19.4 Å².